The molecule has 1 aromatic heterocycles. The van der Waals surface area contributed by atoms with Crippen molar-refractivity contribution in [3.05, 3.63) is 58.1 Å². The van der Waals surface area contributed by atoms with Crippen molar-refractivity contribution in [3.8, 4) is 0 Å². The quantitative estimate of drug-likeness (QED) is 0.513. The molecule has 0 saturated heterocycles. The Labute approximate surface area is 210 Å². The number of alkyl halides is 2. The molecule has 1 atom stereocenters. The van der Waals surface area contributed by atoms with E-state index in [1.54, 1.807) is 20.8 Å². The van der Waals surface area contributed by atoms with Gasteiger partial charge in [-0.1, -0.05) is 11.6 Å². The molecule has 2 amide bonds. The first-order valence-electron chi connectivity index (χ1n) is 10.7. The smallest absolute Gasteiger partial charge is 0.415 e. The molecule has 0 unspecified atom stereocenters. The Morgan fingerprint density at radius 3 is 2.58 bits per heavy atom. The van der Waals surface area contributed by atoms with Gasteiger partial charge in [0, 0.05) is 24.0 Å². The van der Waals surface area contributed by atoms with Gasteiger partial charge in [0.25, 0.3) is 11.9 Å². The average Bonchev–Trinajstić information content (AvgIpc) is 2.75. The highest BCUT2D eigenvalue weighted by atomic mass is 35.5. The number of ether oxygens (including phenoxy) is 2. The summed E-state index contributed by atoms with van der Waals surface area (Å²) < 4.78 is 55.4. The van der Waals surface area contributed by atoms with Crippen LogP contribution < -0.4 is 16.4 Å². The molecule has 1 aliphatic rings. The number of hydrogen-bond donors (Lipinski definition) is 3. The van der Waals surface area contributed by atoms with Crippen LogP contribution in [0.5, 0.6) is 0 Å². The van der Waals surface area contributed by atoms with Crippen LogP contribution >= 0.6 is 11.6 Å². The van der Waals surface area contributed by atoms with Crippen LogP contribution in [-0.4, -0.2) is 41.1 Å². The number of nitrogens with one attached hydrogen (secondary N) is 2. The summed E-state index contributed by atoms with van der Waals surface area (Å²) >= 11 is 5.75. The minimum absolute atomic E-state index is 0.0689. The van der Waals surface area contributed by atoms with E-state index in [9.17, 15) is 18.4 Å². The molecule has 1 aliphatic heterocycles. The van der Waals surface area contributed by atoms with Crippen molar-refractivity contribution in [1.82, 2.24) is 15.6 Å². The minimum Gasteiger partial charge on any atom is -0.447 e. The lowest BCUT2D eigenvalue weighted by atomic mass is 9.86. The van der Waals surface area contributed by atoms with Crippen LogP contribution in [0.3, 0.4) is 0 Å². The monoisotopic (exact) mass is 527 g/mol. The van der Waals surface area contributed by atoms with E-state index < -0.39 is 53.1 Å². The number of nitrogens with two attached hydrogens (primary N) is 1. The van der Waals surface area contributed by atoms with E-state index in [0.29, 0.717) is 5.02 Å². The van der Waals surface area contributed by atoms with Gasteiger partial charge in [0.15, 0.2) is 0 Å². The molecule has 13 heteroatoms. The number of hydrogen-bond acceptors (Lipinski definition) is 7. The van der Waals surface area contributed by atoms with Crippen LogP contribution in [0.2, 0.25) is 5.02 Å². The molecule has 0 radical (unpaired) electrons. The number of halogens is 4. The first-order chi connectivity index (χ1) is 16.6. The number of amides is 2. The maximum Gasteiger partial charge on any atom is 0.415 e. The van der Waals surface area contributed by atoms with Crippen LogP contribution in [0.1, 0.15) is 49.3 Å². The number of carbonyl (C=O) groups is 2. The molecule has 1 aromatic carbocycles. The van der Waals surface area contributed by atoms with Gasteiger partial charge in [-0.25, -0.2) is 24.5 Å². The molecule has 0 bridgehead atoms. The zero-order chi connectivity index (χ0) is 26.9. The normalized spacial score (nSPS) is 19.1. The van der Waals surface area contributed by atoms with Gasteiger partial charge in [-0.05, 0) is 57.5 Å². The Balaban J connectivity index is 1.81. The summed E-state index contributed by atoms with van der Waals surface area (Å²) in [6, 6.07) is 4.26. The number of aliphatic imine (C=N–C) groups is 1. The van der Waals surface area contributed by atoms with Crippen molar-refractivity contribution in [3.63, 3.8) is 0 Å². The SMILES string of the molecule is CC(C)(C)OC(=O)NC1=NCC(F)(F)[C@@](C)(c2cc(N)c(CNC(=O)c3ccc(Cl)cn3)cc2F)O1. The number of aromatic nitrogens is 1. The molecule has 2 aromatic rings. The molecule has 4 N–H and O–H groups in total. The second kappa shape index (κ2) is 9.84. The molecule has 0 spiro atoms. The molecule has 9 nitrogen and oxygen atoms in total. The van der Waals surface area contributed by atoms with E-state index in [2.05, 4.69) is 20.6 Å². The number of carbonyl (C=O) groups excluding carboxylic acids is 2. The maximum atomic E-state index is 15.1. The third-order valence-corrected chi connectivity index (χ3v) is 5.39. The number of rotatable bonds is 4. The van der Waals surface area contributed by atoms with Crippen molar-refractivity contribution in [2.24, 2.45) is 4.99 Å². The standard InChI is InChI=1S/C23H25ClF3N5O4/c1-21(2,3)36-20(34)32-19-31-11-23(26,27)22(4,35-19)14-8-16(28)12(7-15(14)25)9-30-18(33)17-6-5-13(24)10-29-17/h5-8,10H,9,11,28H2,1-4H3,(H,30,33)(H,31,32,34)/t22-/m1/s1. The van der Waals surface area contributed by atoms with Crippen LogP contribution in [0.4, 0.5) is 23.7 Å². The molecule has 194 valence electrons. The number of anilines is 1. The van der Waals surface area contributed by atoms with Crippen LogP contribution in [0, 0.1) is 5.82 Å². The van der Waals surface area contributed by atoms with Gasteiger partial charge in [-0.2, -0.15) is 8.78 Å². The number of alkyl carbamates (subject to hydrolysis) is 1. The summed E-state index contributed by atoms with van der Waals surface area (Å²) in [6.45, 7) is 4.52. The predicted octanol–water partition coefficient (Wildman–Crippen LogP) is 4.15. The van der Waals surface area contributed by atoms with E-state index in [1.807, 2.05) is 0 Å². The Morgan fingerprint density at radius 2 is 1.97 bits per heavy atom. The van der Waals surface area contributed by atoms with Gasteiger partial charge >= 0.3 is 12.0 Å². The summed E-state index contributed by atoms with van der Waals surface area (Å²) in [7, 11) is 0. The fourth-order valence-electron chi connectivity index (χ4n) is 3.26. The molecular formula is C23H25ClF3N5O4. The van der Waals surface area contributed by atoms with Gasteiger partial charge in [0.1, 0.15) is 23.7 Å². The van der Waals surface area contributed by atoms with Gasteiger partial charge in [-0.3, -0.25) is 4.79 Å². The van der Waals surface area contributed by atoms with Gasteiger partial charge in [0.05, 0.1) is 5.02 Å². The Kier molecular flexibility index (Phi) is 7.40. The minimum atomic E-state index is -3.66. The summed E-state index contributed by atoms with van der Waals surface area (Å²) in [5, 5.41) is 5.02. The van der Waals surface area contributed by atoms with Gasteiger partial charge in [0.2, 0.25) is 5.60 Å². The Morgan fingerprint density at radius 1 is 1.28 bits per heavy atom. The molecule has 0 saturated carbocycles. The first-order valence-corrected chi connectivity index (χ1v) is 11.1. The highest BCUT2D eigenvalue weighted by molar-refractivity contribution is 6.30. The second-order valence-electron chi connectivity index (χ2n) is 9.16. The van der Waals surface area contributed by atoms with Crippen LogP contribution in [-0.2, 0) is 21.6 Å². The average molecular weight is 528 g/mol. The largest absolute Gasteiger partial charge is 0.447 e. The van der Waals surface area contributed by atoms with E-state index >= 15 is 4.39 Å². The number of nitrogens with zero attached hydrogens (tertiary/aromatic N) is 2. The summed E-state index contributed by atoms with van der Waals surface area (Å²) in [4.78, 5) is 31.7. The summed E-state index contributed by atoms with van der Waals surface area (Å²) in [6.07, 6.45) is 0.314. The van der Waals surface area contributed by atoms with Gasteiger partial charge in [-0.15, -0.1) is 0 Å². The highest BCUT2D eigenvalue weighted by Crippen LogP contribution is 2.45. The summed E-state index contributed by atoms with van der Waals surface area (Å²) in [5.41, 5.74) is 2.17. The lowest BCUT2D eigenvalue weighted by Crippen LogP contribution is -2.55. The molecule has 0 fully saturated rings. The van der Waals surface area contributed by atoms with E-state index in [4.69, 9.17) is 26.8 Å². The fourth-order valence-corrected chi connectivity index (χ4v) is 3.37. The number of amidine groups is 1. The predicted molar refractivity (Wildman–Crippen MR) is 126 cm³/mol. The van der Waals surface area contributed by atoms with Crippen LogP contribution in [0.15, 0.2) is 35.5 Å². The van der Waals surface area contributed by atoms with Crippen molar-refractivity contribution in [2.45, 2.75) is 51.4 Å². The molecule has 0 aliphatic carbocycles. The van der Waals surface area contributed by atoms with Crippen molar-refractivity contribution < 1.29 is 32.2 Å². The fraction of sp³-hybridized carbons (Fsp3) is 0.391. The highest BCUT2D eigenvalue weighted by Gasteiger charge is 2.58. The molecule has 36 heavy (non-hydrogen) atoms. The van der Waals surface area contributed by atoms with E-state index in [1.165, 1.54) is 18.3 Å². The Hall–Kier alpha value is -3.54. The number of pyridine rings is 1. The third-order valence-electron chi connectivity index (χ3n) is 5.17. The topological polar surface area (TPSA) is 128 Å². The molecule has 3 rings (SSSR count). The van der Waals surface area contributed by atoms with Crippen molar-refractivity contribution >= 4 is 35.3 Å². The second-order valence-corrected chi connectivity index (χ2v) is 9.60. The van der Waals surface area contributed by atoms with Crippen molar-refractivity contribution in [1.29, 1.82) is 0 Å². The number of benzene rings is 1. The molecule has 2 heterocycles. The van der Waals surface area contributed by atoms with E-state index in [-0.39, 0.29) is 23.5 Å². The first kappa shape index (κ1) is 27.1. The molecular weight excluding hydrogens is 503 g/mol. The van der Waals surface area contributed by atoms with Crippen molar-refractivity contribution in [2.75, 3.05) is 12.3 Å². The van der Waals surface area contributed by atoms with Crippen LogP contribution in [0.25, 0.3) is 0 Å². The summed E-state index contributed by atoms with van der Waals surface area (Å²) in [5.74, 6) is -5.28. The van der Waals surface area contributed by atoms with Gasteiger partial charge < -0.3 is 20.5 Å². The maximum absolute atomic E-state index is 15.1. The number of nitrogen functional groups attached to an aromatic ring is 1. The zero-order valence-corrected chi connectivity index (χ0v) is 20.7. The zero-order valence-electron chi connectivity index (χ0n) is 19.9. The lowest BCUT2D eigenvalue weighted by molar-refractivity contribution is -0.174. The van der Waals surface area contributed by atoms with E-state index in [0.717, 1.165) is 19.1 Å². The third kappa shape index (κ3) is 5.99. The lowest BCUT2D eigenvalue weighted by Gasteiger charge is -2.40. The Bertz CT molecular complexity index is 1200.